The lowest BCUT2D eigenvalue weighted by Crippen LogP contribution is -2.31. The summed E-state index contributed by atoms with van der Waals surface area (Å²) in [7, 11) is 1.59. The van der Waals surface area contributed by atoms with Gasteiger partial charge in [0.15, 0.2) is 0 Å². The number of aryl methyl sites for hydroxylation is 1. The number of ether oxygens (including phenoxy) is 1. The minimum Gasteiger partial charge on any atom is -0.465 e. The van der Waals surface area contributed by atoms with Gasteiger partial charge in [0.25, 0.3) is 0 Å². The normalized spacial score (nSPS) is 10.2. The molecule has 18 heavy (non-hydrogen) atoms. The van der Waals surface area contributed by atoms with Crippen LogP contribution in [0.25, 0.3) is 0 Å². The Hall–Kier alpha value is -2.12. The molecule has 0 aliphatic heterocycles. The Morgan fingerprint density at radius 1 is 1.61 bits per heavy atom. The lowest BCUT2D eigenvalue weighted by molar-refractivity contribution is -0.384. The van der Waals surface area contributed by atoms with Gasteiger partial charge in [-0.15, -0.1) is 5.10 Å². The van der Waals surface area contributed by atoms with Crippen molar-refractivity contribution in [2.45, 2.75) is 13.8 Å². The summed E-state index contributed by atoms with van der Waals surface area (Å²) in [5, 5.41) is 14.9. The highest BCUT2D eigenvalue weighted by Gasteiger charge is 2.24. The van der Waals surface area contributed by atoms with E-state index >= 15 is 0 Å². The Bertz CT molecular complexity index is 443. The Balaban J connectivity index is 2.94. The second-order valence-corrected chi connectivity index (χ2v) is 3.59. The van der Waals surface area contributed by atoms with Crippen LogP contribution in [-0.4, -0.2) is 40.4 Å². The zero-order chi connectivity index (χ0) is 13.7. The quantitative estimate of drug-likeness (QED) is 0.423. The third kappa shape index (κ3) is 3.19. The van der Waals surface area contributed by atoms with Crippen LogP contribution in [0.15, 0.2) is 6.20 Å². The monoisotopic (exact) mass is 256 g/mol. The molecule has 0 amide bonds. The lowest BCUT2D eigenvalue weighted by Gasteiger charge is -2.18. The van der Waals surface area contributed by atoms with Crippen molar-refractivity contribution >= 4 is 17.5 Å². The average Bonchev–Trinajstić information content (AvgIpc) is 2.68. The van der Waals surface area contributed by atoms with Crippen molar-refractivity contribution in [3.8, 4) is 0 Å². The number of aromatic nitrogens is 2. The molecule has 0 radical (unpaired) electrons. The van der Waals surface area contributed by atoms with Gasteiger partial charge in [0, 0.05) is 13.6 Å². The van der Waals surface area contributed by atoms with Gasteiger partial charge >= 0.3 is 11.7 Å². The van der Waals surface area contributed by atoms with Gasteiger partial charge in [-0.05, 0) is 13.8 Å². The fourth-order valence-corrected chi connectivity index (χ4v) is 1.52. The molecule has 0 atom stereocenters. The van der Waals surface area contributed by atoms with E-state index in [0.717, 1.165) is 0 Å². The smallest absolute Gasteiger partial charge is 0.330 e. The Labute approximate surface area is 104 Å². The first-order valence-corrected chi connectivity index (χ1v) is 5.58. The van der Waals surface area contributed by atoms with Crippen LogP contribution in [0.1, 0.15) is 13.8 Å². The van der Waals surface area contributed by atoms with Gasteiger partial charge in [0.05, 0.1) is 11.5 Å². The molecule has 0 bridgehead atoms. The van der Waals surface area contributed by atoms with E-state index in [1.807, 2.05) is 0 Å². The summed E-state index contributed by atoms with van der Waals surface area (Å²) in [6.45, 7) is 4.15. The Kier molecular flexibility index (Phi) is 4.64. The molecule has 100 valence electrons. The average molecular weight is 256 g/mol. The van der Waals surface area contributed by atoms with Crippen molar-refractivity contribution in [2.24, 2.45) is 7.05 Å². The predicted molar refractivity (Wildman–Crippen MR) is 64.4 cm³/mol. The summed E-state index contributed by atoms with van der Waals surface area (Å²) in [5.41, 5.74) is -0.122. The minimum atomic E-state index is -0.518. The van der Waals surface area contributed by atoms with Gasteiger partial charge < -0.3 is 9.64 Å². The number of nitro groups is 1. The van der Waals surface area contributed by atoms with Crippen molar-refractivity contribution < 1.29 is 14.5 Å². The van der Waals surface area contributed by atoms with E-state index < -0.39 is 10.9 Å². The predicted octanol–water partition coefficient (Wildman–Crippen LogP) is 0.718. The topological polar surface area (TPSA) is 90.5 Å². The molecular formula is C10H16N4O4. The zero-order valence-corrected chi connectivity index (χ0v) is 10.6. The Morgan fingerprint density at radius 3 is 2.78 bits per heavy atom. The van der Waals surface area contributed by atoms with E-state index in [4.69, 9.17) is 4.74 Å². The number of carbonyl (C=O) groups is 1. The third-order valence-electron chi connectivity index (χ3n) is 2.29. The number of anilines is 1. The first kappa shape index (κ1) is 13.9. The fraction of sp³-hybridized carbons (Fsp3) is 0.600. The van der Waals surface area contributed by atoms with Crippen LogP contribution in [0.3, 0.4) is 0 Å². The van der Waals surface area contributed by atoms with E-state index in [9.17, 15) is 14.9 Å². The zero-order valence-electron chi connectivity index (χ0n) is 10.6. The van der Waals surface area contributed by atoms with E-state index in [1.54, 1.807) is 20.9 Å². The molecule has 0 aromatic carbocycles. The molecule has 8 nitrogen and oxygen atoms in total. The second kappa shape index (κ2) is 5.99. The van der Waals surface area contributed by atoms with E-state index in [-0.39, 0.29) is 24.7 Å². The van der Waals surface area contributed by atoms with Gasteiger partial charge in [0.1, 0.15) is 12.7 Å². The molecule has 0 aliphatic carbocycles. The molecule has 0 saturated carbocycles. The summed E-state index contributed by atoms with van der Waals surface area (Å²) >= 11 is 0. The van der Waals surface area contributed by atoms with Crippen molar-refractivity contribution in [1.82, 2.24) is 9.78 Å². The van der Waals surface area contributed by atoms with E-state index in [2.05, 4.69) is 5.10 Å². The third-order valence-corrected chi connectivity index (χ3v) is 2.29. The summed E-state index contributed by atoms with van der Waals surface area (Å²) in [6, 6.07) is 0. The lowest BCUT2D eigenvalue weighted by atomic mass is 10.4. The Morgan fingerprint density at radius 2 is 2.28 bits per heavy atom. The van der Waals surface area contributed by atoms with Crippen LogP contribution in [-0.2, 0) is 16.6 Å². The first-order valence-electron chi connectivity index (χ1n) is 5.58. The van der Waals surface area contributed by atoms with Gasteiger partial charge in [-0.1, -0.05) is 0 Å². The van der Waals surface area contributed by atoms with Gasteiger partial charge in [-0.3, -0.25) is 19.6 Å². The number of hydrogen-bond donors (Lipinski definition) is 0. The van der Waals surface area contributed by atoms with Gasteiger partial charge in [-0.25, -0.2) is 0 Å². The molecule has 1 aromatic rings. The van der Waals surface area contributed by atoms with Crippen LogP contribution in [0, 0.1) is 10.1 Å². The SMILES string of the molecule is CCOC(=O)CN(CC)c1nn(C)cc1[N+](=O)[O-]. The number of esters is 1. The summed E-state index contributed by atoms with van der Waals surface area (Å²) < 4.78 is 6.17. The number of hydrogen-bond acceptors (Lipinski definition) is 6. The van der Waals surface area contributed by atoms with E-state index in [1.165, 1.54) is 15.8 Å². The molecule has 0 spiro atoms. The first-order chi connectivity index (χ1) is 8.49. The minimum absolute atomic E-state index is 0.0534. The van der Waals surface area contributed by atoms with Gasteiger partial charge in [0.2, 0.25) is 5.82 Å². The second-order valence-electron chi connectivity index (χ2n) is 3.59. The van der Waals surface area contributed by atoms with Crippen LogP contribution in [0.5, 0.6) is 0 Å². The molecule has 0 aliphatic rings. The molecule has 0 saturated heterocycles. The van der Waals surface area contributed by atoms with Crippen LogP contribution in [0.2, 0.25) is 0 Å². The molecular weight excluding hydrogens is 240 g/mol. The molecule has 0 N–H and O–H groups in total. The highest BCUT2D eigenvalue weighted by atomic mass is 16.6. The maximum absolute atomic E-state index is 11.4. The highest BCUT2D eigenvalue weighted by Crippen LogP contribution is 2.25. The molecule has 1 aromatic heterocycles. The fourth-order valence-electron chi connectivity index (χ4n) is 1.52. The standard InChI is InChI=1S/C10H16N4O4/c1-4-13(7-9(15)18-5-2)10-8(14(16)17)6-12(3)11-10/h6H,4-5,7H2,1-3H3. The maximum atomic E-state index is 11.4. The number of likely N-dealkylation sites (N-methyl/N-ethyl adjacent to an activating group) is 1. The summed E-state index contributed by atoms with van der Waals surface area (Å²) in [4.78, 5) is 23.3. The van der Waals surface area contributed by atoms with Crippen LogP contribution in [0.4, 0.5) is 11.5 Å². The van der Waals surface area contributed by atoms with Crippen LogP contribution >= 0.6 is 0 Å². The maximum Gasteiger partial charge on any atom is 0.330 e. The number of rotatable bonds is 6. The molecule has 1 heterocycles. The van der Waals surface area contributed by atoms with Crippen molar-refractivity contribution in [2.75, 3.05) is 24.6 Å². The number of nitrogens with zero attached hydrogens (tertiary/aromatic N) is 4. The highest BCUT2D eigenvalue weighted by molar-refractivity contribution is 5.76. The van der Waals surface area contributed by atoms with E-state index in [0.29, 0.717) is 6.54 Å². The van der Waals surface area contributed by atoms with Crippen LogP contribution < -0.4 is 4.90 Å². The van der Waals surface area contributed by atoms with Crippen molar-refractivity contribution in [3.05, 3.63) is 16.3 Å². The van der Waals surface area contributed by atoms with Crippen molar-refractivity contribution in [1.29, 1.82) is 0 Å². The molecule has 0 fully saturated rings. The molecule has 8 heteroatoms. The number of carbonyl (C=O) groups excluding carboxylic acids is 1. The summed E-state index contributed by atoms with van der Waals surface area (Å²) in [5.74, 6) is -0.252. The summed E-state index contributed by atoms with van der Waals surface area (Å²) in [6.07, 6.45) is 1.31. The molecule has 1 rings (SSSR count). The van der Waals surface area contributed by atoms with Crippen molar-refractivity contribution in [3.63, 3.8) is 0 Å². The van der Waals surface area contributed by atoms with Gasteiger partial charge in [-0.2, -0.15) is 0 Å². The molecule has 0 unspecified atom stereocenters. The largest absolute Gasteiger partial charge is 0.465 e.